The second-order valence-electron chi connectivity index (χ2n) is 13.3. The molecule has 0 saturated carbocycles. The van der Waals surface area contributed by atoms with Gasteiger partial charge in [-0.2, -0.15) is 18.4 Å². The van der Waals surface area contributed by atoms with Gasteiger partial charge in [0.2, 0.25) is 0 Å². The number of alkyl halides is 3. The van der Waals surface area contributed by atoms with Gasteiger partial charge in [-0.15, -0.1) is 0 Å². The Morgan fingerprint density at radius 2 is 1.68 bits per heavy atom. The number of hydrogen-bond donors (Lipinski definition) is 5. The van der Waals surface area contributed by atoms with Crippen molar-refractivity contribution in [3.8, 4) is 40.0 Å². The van der Waals surface area contributed by atoms with Crippen LogP contribution in [0.3, 0.4) is 0 Å². The summed E-state index contributed by atoms with van der Waals surface area (Å²) < 4.78 is 39.4. The number of para-hydroxylation sites is 2. The van der Waals surface area contributed by atoms with E-state index in [0.29, 0.717) is 41.8 Å². The van der Waals surface area contributed by atoms with Crippen LogP contribution in [-0.2, 0) is 4.79 Å². The van der Waals surface area contributed by atoms with E-state index >= 15 is 0 Å². The van der Waals surface area contributed by atoms with Crippen molar-refractivity contribution in [3.63, 3.8) is 0 Å². The fourth-order valence-corrected chi connectivity index (χ4v) is 7.23. The highest BCUT2D eigenvalue weighted by Gasteiger charge is 2.41. The number of amides is 2. The van der Waals surface area contributed by atoms with Gasteiger partial charge < -0.3 is 31.5 Å². The van der Waals surface area contributed by atoms with Gasteiger partial charge in [0.05, 0.1) is 11.3 Å². The summed E-state index contributed by atoms with van der Waals surface area (Å²) in [7, 11) is 0. The Balaban J connectivity index is 1.42. The van der Waals surface area contributed by atoms with Crippen LogP contribution < -0.4 is 21.3 Å². The first kappa shape index (κ1) is 37.0. The Labute approximate surface area is 304 Å². The van der Waals surface area contributed by atoms with Gasteiger partial charge in [-0.1, -0.05) is 36.8 Å². The SMILES string of the molecule is N#Cc1c(-c2ccc(N3CCC(NC(=O)C(F)(F)F)C3)c(C(CCNC(=O)c3ccccc3O)N3CCCCC3)c2)cc(-c2ccccc2O)nc1N. The van der Waals surface area contributed by atoms with E-state index in [9.17, 15) is 38.2 Å². The van der Waals surface area contributed by atoms with E-state index in [4.69, 9.17) is 5.73 Å². The van der Waals surface area contributed by atoms with Gasteiger partial charge in [0.25, 0.3) is 5.91 Å². The molecule has 53 heavy (non-hydrogen) atoms. The Morgan fingerprint density at radius 1 is 0.962 bits per heavy atom. The van der Waals surface area contributed by atoms with Crippen LogP contribution in [-0.4, -0.2) is 76.9 Å². The van der Waals surface area contributed by atoms with Crippen LogP contribution in [0.5, 0.6) is 11.5 Å². The van der Waals surface area contributed by atoms with Gasteiger partial charge in [-0.25, -0.2) is 4.98 Å². The number of rotatable bonds is 10. The smallest absolute Gasteiger partial charge is 0.471 e. The number of nitrogens with zero attached hydrogens (tertiary/aromatic N) is 4. The summed E-state index contributed by atoms with van der Waals surface area (Å²) in [5, 5.41) is 36.1. The topological polar surface area (TPSA) is 168 Å². The zero-order chi connectivity index (χ0) is 37.7. The molecule has 6 N–H and O–H groups in total. The standard InChI is InChI=1S/C39H40F3N7O4/c40-39(41,42)38(53)46-25-15-19-49(23-25)32-13-12-24(28-21-31(47-36(44)30(28)22-43)26-8-2-4-10-34(26)50)20-29(32)33(48-17-6-1-7-18-48)14-16-45-37(52)27-9-3-5-11-35(27)51/h2-5,8-13,20-21,25,33,50-51H,1,6-7,14-19,23H2,(H2,44,47)(H,45,52)(H,46,53). The lowest BCUT2D eigenvalue weighted by atomic mass is 9.91. The molecule has 2 unspecified atom stereocenters. The van der Waals surface area contributed by atoms with Crippen molar-refractivity contribution in [1.82, 2.24) is 20.5 Å². The average molecular weight is 728 g/mol. The van der Waals surface area contributed by atoms with Crippen LogP contribution in [0, 0.1) is 11.3 Å². The third-order valence-corrected chi connectivity index (χ3v) is 9.84. The highest BCUT2D eigenvalue weighted by Crippen LogP contribution is 2.41. The summed E-state index contributed by atoms with van der Waals surface area (Å²) in [5.74, 6) is -2.58. The highest BCUT2D eigenvalue weighted by molar-refractivity contribution is 5.96. The molecule has 4 aromatic rings. The summed E-state index contributed by atoms with van der Waals surface area (Å²) in [6, 6.07) is 21.4. The molecule has 3 heterocycles. The minimum Gasteiger partial charge on any atom is -0.507 e. The molecule has 0 radical (unpaired) electrons. The van der Waals surface area contributed by atoms with E-state index in [2.05, 4.69) is 26.6 Å². The van der Waals surface area contributed by atoms with Gasteiger partial charge in [0.15, 0.2) is 0 Å². The van der Waals surface area contributed by atoms with Gasteiger partial charge in [-0.3, -0.25) is 14.5 Å². The Bertz CT molecular complexity index is 2030. The lowest BCUT2D eigenvalue weighted by molar-refractivity contribution is -0.174. The van der Waals surface area contributed by atoms with Crippen molar-refractivity contribution < 1.29 is 33.0 Å². The molecule has 14 heteroatoms. The third kappa shape index (κ3) is 8.31. The number of anilines is 2. The first-order valence-corrected chi connectivity index (χ1v) is 17.5. The van der Waals surface area contributed by atoms with Crippen LogP contribution in [0.15, 0.2) is 72.8 Å². The second-order valence-corrected chi connectivity index (χ2v) is 13.3. The summed E-state index contributed by atoms with van der Waals surface area (Å²) in [5.41, 5.74) is 10.1. The summed E-state index contributed by atoms with van der Waals surface area (Å²) in [6.45, 7) is 2.32. The maximum Gasteiger partial charge on any atom is 0.471 e. The molecule has 0 aliphatic carbocycles. The van der Waals surface area contributed by atoms with E-state index in [-0.39, 0.29) is 47.6 Å². The number of nitrogen functional groups attached to an aromatic ring is 1. The number of hydrogen-bond acceptors (Lipinski definition) is 9. The fourth-order valence-electron chi connectivity index (χ4n) is 7.23. The van der Waals surface area contributed by atoms with E-state index < -0.39 is 24.0 Å². The molecule has 0 spiro atoms. The number of nitrogens with two attached hydrogens (primary N) is 1. The maximum absolute atomic E-state index is 13.1. The molecule has 2 saturated heterocycles. The van der Waals surface area contributed by atoms with Crippen molar-refractivity contribution in [1.29, 1.82) is 5.26 Å². The molecule has 2 amide bonds. The van der Waals surface area contributed by atoms with Gasteiger partial charge in [-0.05, 0) is 92.4 Å². The average Bonchev–Trinajstić information content (AvgIpc) is 3.61. The number of pyridine rings is 1. The van der Waals surface area contributed by atoms with Gasteiger partial charge >= 0.3 is 12.1 Å². The second kappa shape index (κ2) is 15.8. The number of halogens is 3. The summed E-state index contributed by atoms with van der Waals surface area (Å²) in [6.07, 6.45) is -1.28. The normalized spacial score (nSPS) is 16.9. The third-order valence-electron chi connectivity index (χ3n) is 9.84. The predicted molar refractivity (Wildman–Crippen MR) is 194 cm³/mol. The van der Waals surface area contributed by atoms with Crippen LogP contribution in [0.25, 0.3) is 22.4 Å². The number of phenolic OH excluding ortho intramolecular Hbond substituents is 2. The van der Waals surface area contributed by atoms with Crippen LogP contribution in [0.1, 0.15) is 59.6 Å². The van der Waals surface area contributed by atoms with Gasteiger partial charge in [0, 0.05) is 48.5 Å². The van der Waals surface area contributed by atoms with Crippen molar-refractivity contribution >= 4 is 23.3 Å². The number of carbonyl (C=O) groups is 2. The Morgan fingerprint density at radius 3 is 2.38 bits per heavy atom. The van der Waals surface area contributed by atoms with E-state index in [1.54, 1.807) is 36.4 Å². The number of carbonyl (C=O) groups excluding carboxylic acids is 2. The van der Waals surface area contributed by atoms with E-state index in [1.807, 2.05) is 23.1 Å². The number of nitrogens with one attached hydrogen (secondary N) is 2. The lowest BCUT2D eigenvalue weighted by Crippen LogP contribution is -2.44. The largest absolute Gasteiger partial charge is 0.507 e. The first-order chi connectivity index (χ1) is 25.4. The minimum atomic E-state index is -5.00. The summed E-state index contributed by atoms with van der Waals surface area (Å²) >= 11 is 0. The number of nitriles is 1. The Hall–Kier alpha value is -5.81. The quantitative estimate of drug-likeness (QED) is 0.134. The first-order valence-electron chi connectivity index (χ1n) is 17.5. The molecule has 2 atom stereocenters. The van der Waals surface area contributed by atoms with Crippen molar-refractivity contribution in [2.75, 3.05) is 43.4 Å². The lowest BCUT2D eigenvalue weighted by Gasteiger charge is -2.37. The number of likely N-dealkylation sites (tertiary alicyclic amines) is 1. The number of aromatic nitrogens is 1. The molecule has 11 nitrogen and oxygen atoms in total. The number of aromatic hydroxyl groups is 2. The molecule has 2 aliphatic rings. The van der Waals surface area contributed by atoms with Crippen molar-refractivity contribution in [2.45, 2.75) is 50.4 Å². The molecular weight excluding hydrogens is 687 g/mol. The van der Waals surface area contributed by atoms with Crippen LogP contribution in [0.2, 0.25) is 0 Å². The van der Waals surface area contributed by atoms with Crippen LogP contribution >= 0.6 is 0 Å². The molecule has 2 fully saturated rings. The monoisotopic (exact) mass is 727 g/mol. The van der Waals surface area contributed by atoms with Crippen molar-refractivity contribution in [3.05, 3.63) is 89.5 Å². The van der Waals surface area contributed by atoms with E-state index in [0.717, 1.165) is 43.6 Å². The molecule has 1 aromatic heterocycles. The Kier molecular flexibility index (Phi) is 11.0. The predicted octanol–water partition coefficient (Wildman–Crippen LogP) is 5.88. The minimum absolute atomic E-state index is 0.0108. The van der Waals surface area contributed by atoms with E-state index in [1.165, 1.54) is 18.2 Å². The molecule has 3 aromatic carbocycles. The molecule has 6 rings (SSSR count). The zero-order valence-corrected chi connectivity index (χ0v) is 28.9. The number of piperidine rings is 1. The zero-order valence-electron chi connectivity index (χ0n) is 28.9. The molecular formula is C39H40F3N7O4. The van der Waals surface area contributed by atoms with Crippen molar-refractivity contribution in [2.24, 2.45) is 0 Å². The number of benzene rings is 3. The molecule has 0 bridgehead atoms. The van der Waals surface area contributed by atoms with Gasteiger partial charge in [0.1, 0.15) is 28.9 Å². The fraction of sp³-hybridized carbons (Fsp3) is 0.333. The highest BCUT2D eigenvalue weighted by atomic mass is 19.4. The molecule has 276 valence electrons. The summed E-state index contributed by atoms with van der Waals surface area (Å²) in [4.78, 5) is 33.6. The molecule has 2 aliphatic heterocycles. The van der Waals surface area contributed by atoms with Crippen LogP contribution in [0.4, 0.5) is 24.7 Å². The maximum atomic E-state index is 13.1. The number of phenols is 2.